The van der Waals surface area contributed by atoms with Crippen molar-refractivity contribution in [1.82, 2.24) is 19.7 Å². The van der Waals surface area contributed by atoms with Crippen LogP contribution in [-0.2, 0) is 6.54 Å². The van der Waals surface area contributed by atoms with Gasteiger partial charge in [0.2, 0.25) is 0 Å². The molecule has 0 saturated carbocycles. The van der Waals surface area contributed by atoms with Gasteiger partial charge in [0.15, 0.2) is 11.6 Å². The lowest BCUT2D eigenvalue weighted by Crippen LogP contribution is -2.04. The molecule has 28 heavy (non-hydrogen) atoms. The number of aromatic nitrogens is 4. The minimum Gasteiger partial charge on any atom is -0.432 e. The van der Waals surface area contributed by atoms with E-state index in [9.17, 15) is 13.2 Å². The van der Waals surface area contributed by atoms with Crippen LogP contribution < -0.4 is 4.74 Å². The Morgan fingerprint density at radius 2 is 1.89 bits per heavy atom. The van der Waals surface area contributed by atoms with Crippen LogP contribution in [0, 0.1) is 12.7 Å². The molecule has 0 aliphatic carbocycles. The first-order chi connectivity index (χ1) is 13.5. The largest absolute Gasteiger partial charge is 0.432 e. The number of rotatable bonds is 5. The van der Waals surface area contributed by atoms with Gasteiger partial charge in [-0.05, 0) is 41.8 Å². The Bertz CT molecular complexity index is 1140. The first kappa shape index (κ1) is 18.0. The van der Waals surface area contributed by atoms with Gasteiger partial charge in [-0.1, -0.05) is 12.1 Å². The van der Waals surface area contributed by atoms with Crippen LogP contribution >= 0.6 is 0 Å². The van der Waals surface area contributed by atoms with Gasteiger partial charge >= 0.3 is 6.61 Å². The fraction of sp³-hybridized carbons (Fsp3) is 0.150. The first-order valence-electron chi connectivity index (χ1n) is 8.46. The molecule has 0 radical (unpaired) electrons. The van der Waals surface area contributed by atoms with E-state index < -0.39 is 18.2 Å². The Hall–Kier alpha value is -3.42. The number of ether oxygens (including phenoxy) is 1. The van der Waals surface area contributed by atoms with Crippen LogP contribution in [0.3, 0.4) is 0 Å². The summed E-state index contributed by atoms with van der Waals surface area (Å²) in [7, 11) is 0. The Balaban J connectivity index is 1.72. The third-order valence-electron chi connectivity index (χ3n) is 4.24. The summed E-state index contributed by atoms with van der Waals surface area (Å²) in [6.07, 6.45) is 6.78. The van der Waals surface area contributed by atoms with Gasteiger partial charge in [-0.3, -0.25) is 14.6 Å². The fourth-order valence-electron chi connectivity index (χ4n) is 2.99. The van der Waals surface area contributed by atoms with Crippen LogP contribution in [0.1, 0.15) is 11.1 Å². The molecule has 0 fully saturated rings. The summed E-state index contributed by atoms with van der Waals surface area (Å²) in [5.74, 6) is -1.36. The van der Waals surface area contributed by atoms with Gasteiger partial charge in [-0.2, -0.15) is 13.9 Å². The van der Waals surface area contributed by atoms with Crippen LogP contribution in [0.4, 0.5) is 13.2 Å². The highest BCUT2D eigenvalue weighted by Crippen LogP contribution is 2.29. The minimum atomic E-state index is -3.10. The monoisotopic (exact) mass is 384 g/mol. The van der Waals surface area contributed by atoms with Gasteiger partial charge in [0.05, 0.1) is 18.3 Å². The molecule has 0 atom stereocenters. The predicted octanol–water partition coefficient (Wildman–Crippen LogP) is 4.59. The van der Waals surface area contributed by atoms with Gasteiger partial charge in [-0.25, -0.2) is 4.39 Å². The van der Waals surface area contributed by atoms with Crippen molar-refractivity contribution in [3.8, 4) is 16.9 Å². The van der Waals surface area contributed by atoms with Crippen LogP contribution in [0.25, 0.3) is 22.2 Å². The molecule has 4 rings (SSSR count). The normalized spacial score (nSPS) is 11.3. The van der Waals surface area contributed by atoms with Crippen molar-refractivity contribution in [1.29, 1.82) is 0 Å². The van der Waals surface area contributed by atoms with E-state index >= 15 is 0 Å². The van der Waals surface area contributed by atoms with E-state index in [1.165, 1.54) is 12.1 Å². The van der Waals surface area contributed by atoms with E-state index in [1.807, 2.05) is 19.1 Å². The molecule has 0 aliphatic rings. The number of pyridine rings is 2. The molecule has 0 aliphatic heterocycles. The first-order valence-corrected chi connectivity index (χ1v) is 8.46. The summed E-state index contributed by atoms with van der Waals surface area (Å²) in [5, 5.41) is 4.37. The second kappa shape index (κ2) is 7.30. The molecule has 1 aromatic carbocycles. The maximum absolute atomic E-state index is 13.7. The van der Waals surface area contributed by atoms with Crippen molar-refractivity contribution < 1.29 is 17.9 Å². The van der Waals surface area contributed by atoms with E-state index in [-0.39, 0.29) is 0 Å². The van der Waals surface area contributed by atoms with Crippen molar-refractivity contribution in [2.24, 2.45) is 0 Å². The fourth-order valence-corrected chi connectivity index (χ4v) is 2.99. The number of halogens is 3. The van der Waals surface area contributed by atoms with Crippen molar-refractivity contribution >= 4 is 11.0 Å². The Labute approximate surface area is 158 Å². The average Bonchev–Trinajstić information content (AvgIpc) is 3.05. The molecule has 142 valence electrons. The molecule has 0 unspecified atom stereocenters. The minimum absolute atomic E-state index is 0.506. The van der Waals surface area contributed by atoms with E-state index in [4.69, 9.17) is 0 Å². The maximum atomic E-state index is 13.7. The summed E-state index contributed by atoms with van der Waals surface area (Å²) in [6, 6.07) is 7.66. The Morgan fingerprint density at radius 3 is 2.68 bits per heavy atom. The summed E-state index contributed by atoms with van der Waals surface area (Å²) in [6.45, 7) is -0.632. The number of aryl methyl sites for hydroxylation is 1. The standard InChI is InChI=1S/C20H15F3N4O/c1-12-4-13(8-24-7-12)11-27-18-5-15(9-25-17(18)10-26-27)14-2-3-16(21)19(6-14)28-20(22)23/h2-10,20H,11H2,1H3. The number of hydrogen-bond acceptors (Lipinski definition) is 4. The van der Waals surface area contributed by atoms with Crippen LogP contribution in [0.5, 0.6) is 5.75 Å². The van der Waals surface area contributed by atoms with E-state index in [1.54, 1.807) is 29.5 Å². The molecule has 4 aromatic rings. The van der Waals surface area contributed by atoms with E-state index in [0.717, 1.165) is 22.7 Å². The quantitative estimate of drug-likeness (QED) is 0.505. The number of hydrogen-bond donors (Lipinski definition) is 0. The number of fused-ring (bicyclic) bond motifs is 1. The third-order valence-corrected chi connectivity index (χ3v) is 4.24. The van der Waals surface area contributed by atoms with Crippen molar-refractivity contribution in [2.45, 2.75) is 20.1 Å². The molecular weight excluding hydrogens is 369 g/mol. The van der Waals surface area contributed by atoms with Gasteiger partial charge in [0.25, 0.3) is 0 Å². The summed E-state index contributed by atoms with van der Waals surface area (Å²) in [4.78, 5) is 8.55. The van der Waals surface area contributed by atoms with E-state index in [2.05, 4.69) is 19.8 Å². The third kappa shape index (κ3) is 3.66. The maximum Gasteiger partial charge on any atom is 0.387 e. The van der Waals surface area contributed by atoms with Crippen LogP contribution in [0.15, 0.2) is 55.1 Å². The van der Waals surface area contributed by atoms with Crippen molar-refractivity contribution in [3.05, 3.63) is 72.1 Å². The molecule has 8 heteroatoms. The van der Waals surface area contributed by atoms with E-state index in [0.29, 0.717) is 23.2 Å². The molecule has 5 nitrogen and oxygen atoms in total. The predicted molar refractivity (Wildman–Crippen MR) is 97.6 cm³/mol. The van der Waals surface area contributed by atoms with Crippen LogP contribution in [-0.4, -0.2) is 26.4 Å². The highest BCUT2D eigenvalue weighted by Gasteiger charge is 2.13. The zero-order valence-electron chi connectivity index (χ0n) is 14.8. The van der Waals surface area contributed by atoms with Crippen molar-refractivity contribution in [3.63, 3.8) is 0 Å². The lowest BCUT2D eigenvalue weighted by atomic mass is 10.1. The van der Waals surface area contributed by atoms with Gasteiger partial charge in [0, 0.05) is 24.2 Å². The molecule has 0 N–H and O–H groups in total. The van der Waals surface area contributed by atoms with Gasteiger partial charge in [-0.15, -0.1) is 0 Å². The molecule has 3 heterocycles. The molecular formula is C20H15F3N4O. The zero-order valence-corrected chi connectivity index (χ0v) is 14.8. The molecule has 3 aromatic heterocycles. The SMILES string of the molecule is Cc1cncc(Cn2ncc3ncc(-c4ccc(F)c(OC(F)F)c4)cc32)c1. The Morgan fingerprint density at radius 1 is 1.04 bits per heavy atom. The number of benzene rings is 1. The molecule has 0 amide bonds. The highest BCUT2D eigenvalue weighted by molar-refractivity contribution is 5.80. The second-order valence-electron chi connectivity index (χ2n) is 6.32. The lowest BCUT2D eigenvalue weighted by molar-refractivity contribution is -0.0521. The van der Waals surface area contributed by atoms with Gasteiger partial charge in [0.1, 0.15) is 5.52 Å². The average molecular weight is 384 g/mol. The second-order valence-corrected chi connectivity index (χ2v) is 6.32. The molecule has 0 spiro atoms. The van der Waals surface area contributed by atoms with Crippen molar-refractivity contribution in [2.75, 3.05) is 0 Å². The smallest absolute Gasteiger partial charge is 0.387 e. The number of nitrogens with zero attached hydrogens (tertiary/aromatic N) is 4. The zero-order chi connectivity index (χ0) is 19.7. The summed E-state index contributed by atoms with van der Waals surface area (Å²) in [5.41, 5.74) is 4.64. The number of alkyl halides is 2. The molecule has 0 bridgehead atoms. The highest BCUT2D eigenvalue weighted by atomic mass is 19.3. The van der Waals surface area contributed by atoms with Crippen LogP contribution in [0.2, 0.25) is 0 Å². The lowest BCUT2D eigenvalue weighted by Gasteiger charge is -2.09. The summed E-state index contributed by atoms with van der Waals surface area (Å²) < 4.78 is 44.7. The molecule has 0 saturated heterocycles. The summed E-state index contributed by atoms with van der Waals surface area (Å²) >= 11 is 0. The Kier molecular flexibility index (Phi) is 4.68. The van der Waals surface area contributed by atoms with Gasteiger partial charge < -0.3 is 4.74 Å². The topological polar surface area (TPSA) is 52.8 Å².